The molecule has 0 fully saturated rings. The predicted octanol–water partition coefficient (Wildman–Crippen LogP) is 3.22. The minimum atomic E-state index is -0.00868. The molecule has 18 heavy (non-hydrogen) atoms. The maximum Gasteiger partial charge on any atom is 0.274 e. The lowest BCUT2D eigenvalue weighted by molar-refractivity contribution is 0.494. The van der Waals surface area contributed by atoms with Crippen LogP contribution in [-0.4, -0.2) is 9.36 Å². The molecule has 2 aromatic rings. The average Bonchev–Trinajstić information content (AvgIpc) is 2.61. The summed E-state index contributed by atoms with van der Waals surface area (Å²) >= 11 is 6.00. The van der Waals surface area contributed by atoms with Crippen LogP contribution in [0.15, 0.2) is 48.3 Å². The third kappa shape index (κ3) is 2.14. The van der Waals surface area contributed by atoms with Crippen LogP contribution in [0.3, 0.4) is 0 Å². The molecule has 0 atom stereocenters. The Morgan fingerprint density at radius 1 is 1.22 bits per heavy atom. The van der Waals surface area contributed by atoms with E-state index in [1.54, 1.807) is 22.9 Å². The molecule has 0 spiro atoms. The minimum absolute atomic E-state index is 0.00868. The Morgan fingerprint density at radius 3 is 2.67 bits per heavy atom. The first-order valence-corrected chi connectivity index (χ1v) is 6.17. The second kappa shape index (κ2) is 5.27. The Hall–Kier alpha value is -1.74. The van der Waals surface area contributed by atoms with E-state index in [-0.39, 0.29) is 5.56 Å². The number of allylic oxidation sites excluding steroid dienone is 2. The zero-order valence-electron chi connectivity index (χ0n) is 10.1. The Labute approximate surface area is 111 Å². The van der Waals surface area contributed by atoms with Crippen LogP contribution in [0.25, 0.3) is 10.9 Å². The van der Waals surface area contributed by atoms with Gasteiger partial charge in [0.05, 0.1) is 17.4 Å². The second-order valence-corrected chi connectivity index (χ2v) is 4.47. The van der Waals surface area contributed by atoms with E-state index < -0.39 is 0 Å². The van der Waals surface area contributed by atoms with E-state index in [0.29, 0.717) is 23.5 Å². The third-order valence-electron chi connectivity index (χ3n) is 2.84. The molecule has 4 heteroatoms. The van der Waals surface area contributed by atoms with Gasteiger partial charge in [0.2, 0.25) is 0 Å². The van der Waals surface area contributed by atoms with Crippen molar-refractivity contribution in [2.75, 3.05) is 0 Å². The van der Waals surface area contributed by atoms with Crippen molar-refractivity contribution in [2.45, 2.75) is 19.5 Å². The standard InChI is InChI=1S/C14H15ClN2O/c1-3-5-9-16-13-10-11(15)6-7-12(13)14(18)17(16)8-4-2/h3-4,6-7,10H,1-2,5,8-9H2. The lowest BCUT2D eigenvalue weighted by atomic mass is 10.2. The lowest BCUT2D eigenvalue weighted by Gasteiger charge is -2.09. The van der Waals surface area contributed by atoms with Gasteiger partial charge >= 0.3 is 0 Å². The quantitative estimate of drug-likeness (QED) is 0.760. The van der Waals surface area contributed by atoms with Crippen molar-refractivity contribution >= 4 is 22.5 Å². The largest absolute Gasteiger partial charge is 0.281 e. The van der Waals surface area contributed by atoms with Gasteiger partial charge in [-0.1, -0.05) is 23.8 Å². The summed E-state index contributed by atoms with van der Waals surface area (Å²) in [5.41, 5.74) is 0.849. The normalized spacial score (nSPS) is 10.7. The molecule has 0 saturated heterocycles. The Balaban J connectivity index is 2.70. The Bertz CT molecular complexity index is 652. The van der Waals surface area contributed by atoms with Crippen molar-refractivity contribution in [1.29, 1.82) is 0 Å². The number of halogens is 1. The first-order valence-electron chi connectivity index (χ1n) is 5.79. The van der Waals surface area contributed by atoms with Gasteiger partial charge in [-0.2, -0.15) is 0 Å². The summed E-state index contributed by atoms with van der Waals surface area (Å²) in [6, 6.07) is 5.33. The Kier molecular flexibility index (Phi) is 3.72. The molecule has 1 aromatic heterocycles. The van der Waals surface area contributed by atoms with Crippen molar-refractivity contribution in [3.63, 3.8) is 0 Å². The molecule has 0 saturated carbocycles. The van der Waals surface area contributed by atoms with Crippen LogP contribution in [-0.2, 0) is 13.1 Å². The molecule has 2 rings (SSSR count). The van der Waals surface area contributed by atoms with Gasteiger partial charge in [-0.05, 0) is 24.6 Å². The van der Waals surface area contributed by atoms with Crippen LogP contribution in [0, 0.1) is 0 Å². The van der Waals surface area contributed by atoms with Gasteiger partial charge in [-0.25, -0.2) is 4.68 Å². The molecule has 0 bridgehead atoms. The topological polar surface area (TPSA) is 26.9 Å². The van der Waals surface area contributed by atoms with Crippen LogP contribution in [0.2, 0.25) is 5.02 Å². The molecule has 0 unspecified atom stereocenters. The van der Waals surface area contributed by atoms with E-state index in [0.717, 1.165) is 11.9 Å². The summed E-state index contributed by atoms with van der Waals surface area (Å²) in [7, 11) is 0. The maximum absolute atomic E-state index is 12.2. The van der Waals surface area contributed by atoms with Crippen LogP contribution < -0.4 is 5.56 Å². The van der Waals surface area contributed by atoms with Gasteiger partial charge in [-0.15, -0.1) is 13.2 Å². The highest BCUT2D eigenvalue weighted by atomic mass is 35.5. The predicted molar refractivity (Wildman–Crippen MR) is 76.2 cm³/mol. The van der Waals surface area contributed by atoms with Crippen molar-refractivity contribution in [2.24, 2.45) is 0 Å². The van der Waals surface area contributed by atoms with Crippen molar-refractivity contribution < 1.29 is 0 Å². The number of aromatic nitrogens is 2. The second-order valence-electron chi connectivity index (χ2n) is 4.04. The summed E-state index contributed by atoms with van der Waals surface area (Å²) in [4.78, 5) is 12.2. The van der Waals surface area contributed by atoms with Crippen LogP contribution >= 0.6 is 11.6 Å². The molecular weight excluding hydrogens is 248 g/mol. The van der Waals surface area contributed by atoms with Crippen molar-refractivity contribution in [1.82, 2.24) is 9.36 Å². The molecule has 1 aromatic carbocycles. The van der Waals surface area contributed by atoms with Crippen LogP contribution in [0.1, 0.15) is 6.42 Å². The fourth-order valence-corrected chi connectivity index (χ4v) is 2.20. The monoisotopic (exact) mass is 262 g/mol. The van der Waals surface area contributed by atoms with E-state index >= 15 is 0 Å². The average molecular weight is 263 g/mol. The molecular formula is C14H15ClN2O. The summed E-state index contributed by atoms with van der Waals surface area (Å²) < 4.78 is 3.62. The third-order valence-corrected chi connectivity index (χ3v) is 3.08. The highest BCUT2D eigenvalue weighted by molar-refractivity contribution is 6.31. The molecule has 0 radical (unpaired) electrons. The van der Waals surface area contributed by atoms with Gasteiger partial charge in [-0.3, -0.25) is 9.48 Å². The first-order chi connectivity index (χ1) is 8.69. The van der Waals surface area contributed by atoms with Crippen LogP contribution in [0.5, 0.6) is 0 Å². The zero-order chi connectivity index (χ0) is 13.1. The molecule has 0 N–H and O–H groups in total. The maximum atomic E-state index is 12.2. The van der Waals surface area contributed by atoms with Crippen molar-refractivity contribution in [3.05, 3.63) is 58.9 Å². The Morgan fingerprint density at radius 2 is 2.00 bits per heavy atom. The van der Waals surface area contributed by atoms with Gasteiger partial charge in [0, 0.05) is 11.6 Å². The number of aryl methyl sites for hydroxylation is 1. The molecule has 0 aliphatic heterocycles. The number of hydrogen-bond donors (Lipinski definition) is 0. The van der Waals surface area contributed by atoms with Gasteiger partial charge in [0.25, 0.3) is 5.56 Å². The lowest BCUT2D eigenvalue weighted by Crippen LogP contribution is -2.22. The highest BCUT2D eigenvalue weighted by Crippen LogP contribution is 2.18. The van der Waals surface area contributed by atoms with Gasteiger partial charge in [0.1, 0.15) is 0 Å². The van der Waals surface area contributed by atoms with Gasteiger partial charge in [0.15, 0.2) is 0 Å². The summed E-state index contributed by atoms with van der Waals surface area (Å²) in [5.74, 6) is 0. The van der Waals surface area contributed by atoms with Crippen LogP contribution in [0.4, 0.5) is 0 Å². The number of benzene rings is 1. The first kappa shape index (κ1) is 12.7. The molecule has 3 nitrogen and oxygen atoms in total. The minimum Gasteiger partial charge on any atom is -0.281 e. The summed E-state index contributed by atoms with van der Waals surface area (Å²) in [6.45, 7) is 8.59. The van der Waals surface area contributed by atoms with E-state index in [1.165, 1.54) is 0 Å². The number of fused-ring (bicyclic) bond motifs is 1. The van der Waals surface area contributed by atoms with E-state index in [4.69, 9.17) is 11.6 Å². The molecule has 0 amide bonds. The molecule has 1 heterocycles. The van der Waals surface area contributed by atoms with E-state index in [9.17, 15) is 4.79 Å². The number of nitrogens with zero attached hydrogens (tertiary/aromatic N) is 2. The number of hydrogen-bond acceptors (Lipinski definition) is 1. The molecule has 94 valence electrons. The highest BCUT2D eigenvalue weighted by Gasteiger charge is 2.11. The fraction of sp³-hybridized carbons (Fsp3) is 0.214. The van der Waals surface area contributed by atoms with E-state index in [2.05, 4.69) is 13.2 Å². The number of rotatable bonds is 5. The molecule has 0 aliphatic rings. The van der Waals surface area contributed by atoms with E-state index in [1.807, 2.05) is 16.8 Å². The zero-order valence-corrected chi connectivity index (χ0v) is 10.9. The molecule has 0 aliphatic carbocycles. The summed E-state index contributed by atoms with van der Waals surface area (Å²) in [6.07, 6.45) is 4.35. The summed E-state index contributed by atoms with van der Waals surface area (Å²) in [5, 5.41) is 1.32. The van der Waals surface area contributed by atoms with Crippen molar-refractivity contribution in [3.8, 4) is 0 Å². The fourth-order valence-electron chi connectivity index (χ4n) is 2.04. The SMILES string of the molecule is C=CCCn1c2cc(Cl)ccc2c(=O)n1CC=C. The smallest absolute Gasteiger partial charge is 0.274 e. The van der Waals surface area contributed by atoms with Gasteiger partial charge < -0.3 is 0 Å².